The summed E-state index contributed by atoms with van der Waals surface area (Å²) < 4.78 is 18.0. The van der Waals surface area contributed by atoms with Crippen molar-refractivity contribution >= 4 is 0 Å². The van der Waals surface area contributed by atoms with Crippen molar-refractivity contribution in [3.8, 4) is 34.5 Å². The van der Waals surface area contributed by atoms with E-state index in [-0.39, 0.29) is 0 Å². The van der Waals surface area contributed by atoms with Gasteiger partial charge < -0.3 is 13.9 Å². The minimum Gasteiger partial charge on any atom is -0.497 e. The van der Waals surface area contributed by atoms with Crippen LogP contribution in [0.3, 0.4) is 0 Å². The van der Waals surface area contributed by atoms with Gasteiger partial charge in [0.25, 0.3) is 0 Å². The van der Waals surface area contributed by atoms with Crippen LogP contribution in [0.4, 0.5) is 0 Å². The van der Waals surface area contributed by atoms with Crippen molar-refractivity contribution in [3.63, 3.8) is 0 Å². The fourth-order valence-corrected chi connectivity index (χ4v) is 2.48. The summed E-state index contributed by atoms with van der Waals surface area (Å²) in [5.74, 6) is 2.69. The van der Waals surface area contributed by atoms with Gasteiger partial charge in [0.1, 0.15) is 23.6 Å². The van der Waals surface area contributed by atoms with Gasteiger partial charge in [0.15, 0.2) is 0 Å². The molecule has 0 bridgehead atoms. The van der Waals surface area contributed by atoms with E-state index in [9.17, 15) is 0 Å². The molecule has 0 aliphatic heterocycles. The van der Waals surface area contributed by atoms with Crippen molar-refractivity contribution in [1.29, 1.82) is 0 Å². The summed E-state index contributed by atoms with van der Waals surface area (Å²) in [6.07, 6.45) is 8.63. The van der Waals surface area contributed by atoms with Crippen molar-refractivity contribution in [2.45, 2.75) is 0 Å². The number of hydrogen-bond acceptors (Lipinski definition) is 5. The third-order valence-corrected chi connectivity index (χ3v) is 3.68. The second kappa shape index (κ2) is 6.52. The van der Waals surface area contributed by atoms with E-state index in [1.807, 2.05) is 53.2 Å². The Morgan fingerprint density at radius 2 is 1.96 bits per heavy atom. The van der Waals surface area contributed by atoms with Gasteiger partial charge in [-0.1, -0.05) is 6.07 Å². The van der Waals surface area contributed by atoms with Gasteiger partial charge in [0.2, 0.25) is 5.88 Å². The average molecular weight is 333 g/mol. The van der Waals surface area contributed by atoms with Crippen LogP contribution in [0.25, 0.3) is 17.1 Å². The summed E-state index contributed by atoms with van der Waals surface area (Å²) in [6, 6.07) is 13.0. The first-order valence-corrected chi connectivity index (χ1v) is 7.68. The summed E-state index contributed by atoms with van der Waals surface area (Å²) in [4.78, 5) is 8.75. The number of hydrogen-bond donors (Lipinski definition) is 0. The van der Waals surface area contributed by atoms with Crippen LogP contribution in [0.15, 0.2) is 78.0 Å². The SMILES string of the molecule is COc1cccc(Oc2ccc(-n3ccnc3-c3ccoc3)cn2)c1. The lowest BCUT2D eigenvalue weighted by atomic mass is 10.3. The molecule has 4 rings (SSSR count). The van der Waals surface area contributed by atoms with E-state index in [4.69, 9.17) is 13.9 Å². The largest absolute Gasteiger partial charge is 0.497 e. The van der Waals surface area contributed by atoms with Crippen LogP contribution in [0.2, 0.25) is 0 Å². The second-order valence-corrected chi connectivity index (χ2v) is 5.27. The van der Waals surface area contributed by atoms with Gasteiger partial charge in [-0.15, -0.1) is 0 Å². The topological polar surface area (TPSA) is 62.3 Å². The standard InChI is InChI=1S/C19H15N3O3/c1-23-16-3-2-4-17(11-16)25-18-6-5-15(12-21-18)22-9-8-20-19(22)14-7-10-24-13-14/h2-13H,1H3. The zero-order valence-corrected chi connectivity index (χ0v) is 13.5. The molecule has 1 aromatic carbocycles. The van der Waals surface area contributed by atoms with Gasteiger partial charge in [-0.3, -0.25) is 4.57 Å². The molecule has 0 amide bonds. The number of furan rings is 1. The molecule has 0 saturated heterocycles. The monoisotopic (exact) mass is 333 g/mol. The van der Waals surface area contributed by atoms with E-state index in [0.717, 1.165) is 22.8 Å². The molecule has 0 radical (unpaired) electrons. The van der Waals surface area contributed by atoms with Crippen LogP contribution >= 0.6 is 0 Å². The van der Waals surface area contributed by atoms with Crippen molar-refractivity contribution in [2.24, 2.45) is 0 Å². The van der Waals surface area contributed by atoms with E-state index in [1.54, 1.807) is 32.0 Å². The molecule has 0 spiro atoms. The first kappa shape index (κ1) is 15.0. The Morgan fingerprint density at radius 3 is 2.72 bits per heavy atom. The number of rotatable bonds is 5. The van der Waals surface area contributed by atoms with Gasteiger partial charge >= 0.3 is 0 Å². The van der Waals surface area contributed by atoms with Crippen molar-refractivity contribution in [1.82, 2.24) is 14.5 Å². The summed E-state index contributed by atoms with van der Waals surface area (Å²) in [7, 11) is 1.62. The number of aromatic nitrogens is 3. The molecule has 4 aromatic rings. The molecule has 6 nitrogen and oxygen atoms in total. The van der Waals surface area contributed by atoms with Gasteiger partial charge in [-0.05, 0) is 24.3 Å². The predicted molar refractivity (Wildman–Crippen MR) is 92.1 cm³/mol. The number of methoxy groups -OCH3 is 1. The number of imidazole rings is 1. The lowest BCUT2D eigenvalue weighted by Gasteiger charge is -2.09. The Hall–Kier alpha value is -3.54. The predicted octanol–water partition coefficient (Wildman–Crippen LogP) is 4.33. The Morgan fingerprint density at radius 1 is 1.04 bits per heavy atom. The smallest absolute Gasteiger partial charge is 0.219 e. The number of pyridine rings is 1. The summed E-state index contributed by atoms with van der Waals surface area (Å²) in [6.45, 7) is 0. The molecule has 0 saturated carbocycles. The van der Waals surface area contributed by atoms with Crippen LogP contribution in [0.1, 0.15) is 0 Å². The first-order chi connectivity index (χ1) is 12.3. The molecule has 124 valence electrons. The number of nitrogens with zero attached hydrogens (tertiary/aromatic N) is 3. The first-order valence-electron chi connectivity index (χ1n) is 7.68. The number of benzene rings is 1. The highest BCUT2D eigenvalue weighted by Gasteiger charge is 2.09. The summed E-state index contributed by atoms with van der Waals surface area (Å²) in [5, 5.41) is 0. The lowest BCUT2D eigenvalue weighted by Crippen LogP contribution is -1.97. The Bertz CT molecular complexity index is 960. The molecule has 0 aliphatic carbocycles. The maximum atomic E-state index is 5.76. The van der Waals surface area contributed by atoms with Crippen molar-refractivity contribution in [2.75, 3.05) is 7.11 Å². The zero-order valence-electron chi connectivity index (χ0n) is 13.5. The quantitative estimate of drug-likeness (QED) is 0.544. The highest BCUT2D eigenvalue weighted by Crippen LogP contribution is 2.25. The maximum absolute atomic E-state index is 5.76. The Kier molecular flexibility index (Phi) is 3.92. The van der Waals surface area contributed by atoms with Gasteiger partial charge in [0, 0.05) is 24.5 Å². The third kappa shape index (κ3) is 3.10. The molecule has 6 heteroatoms. The normalized spacial score (nSPS) is 10.6. The van der Waals surface area contributed by atoms with Crippen LogP contribution in [0.5, 0.6) is 17.4 Å². The molecule has 3 aromatic heterocycles. The van der Waals surface area contributed by atoms with E-state index in [0.29, 0.717) is 11.6 Å². The number of ether oxygens (including phenoxy) is 2. The maximum Gasteiger partial charge on any atom is 0.219 e. The third-order valence-electron chi connectivity index (χ3n) is 3.68. The summed E-state index contributed by atoms with van der Waals surface area (Å²) >= 11 is 0. The lowest BCUT2D eigenvalue weighted by molar-refractivity contribution is 0.407. The van der Waals surface area contributed by atoms with Crippen molar-refractivity contribution < 1.29 is 13.9 Å². The highest BCUT2D eigenvalue weighted by molar-refractivity contribution is 5.56. The molecule has 0 atom stereocenters. The fourth-order valence-electron chi connectivity index (χ4n) is 2.48. The molecule has 0 aliphatic rings. The molecule has 3 heterocycles. The highest BCUT2D eigenvalue weighted by atomic mass is 16.5. The minimum absolute atomic E-state index is 0.502. The van der Waals surface area contributed by atoms with Crippen molar-refractivity contribution in [3.05, 3.63) is 73.6 Å². The van der Waals surface area contributed by atoms with Crippen LogP contribution in [-0.2, 0) is 0 Å². The molecule has 0 N–H and O–H groups in total. The molecule has 0 unspecified atom stereocenters. The van der Waals surface area contributed by atoms with Gasteiger partial charge in [0.05, 0.1) is 30.8 Å². The Balaban J connectivity index is 1.58. The van der Waals surface area contributed by atoms with Crippen LogP contribution in [-0.4, -0.2) is 21.6 Å². The minimum atomic E-state index is 0.502. The van der Waals surface area contributed by atoms with E-state index in [1.165, 1.54) is 0 Å². The molecule has 0 fully saturated rings. The van der Waals surface area contributed by atoms with Gasteiger partial charge in [-0.2, -0.15) is 0 Å². The summed E-state index contributed by atoms with van der Waals surface area (Å²) in [5.41, 5.74) is 1.79. The molecule has 25 heavy (non-hydrogen) atoms. The zero-order chi connectivity index (χ0) is 17.1. The Labute approximate surface area is 144 Å². The van der Waals surface area contributed by atoms with Crippen LogP contribution in [0, 0.1) is 0 Å². The molecular formula is C19H15N3O3. The fraction of sp³-hybridized carbons (Fsp3) is 0.0526. The van der Waals surface area contributed by atoms with E-state index < -0.39 is 0 Å². The van der Waals surface area contributed by atoms with E-state index in [2.05, 4.69) is 9.97 Å². The van der Waals surface area contributed by atoms with Crippen LogP contribution < -0.4 is 9.47 Å². The van der Waals surface area contributed by atoms with E-state index >= 15 is 0 Å². The molecular weight excluding hydrogens is 318 g/mol. The average Bonchev–Trinajstić information content (AvgIpc) is 3.34. The second-order valence-electron chi connectivity index (χ2n) is 5.27. The van der Waals surface area contributed by atoms with Gasteiger partial charge in [-0.25, -0.2) is 9.97 Å².